The number of para-hydroxylation sites is 2. The number of anilines is 2. The van der Waals surface area contributed by atoms with Gasteiger partial charge in [0.15, 0.2) is 0 Å². The van der Waals surface area contributed by atoms with Crippen molar-refractivity contribution < 1.29 is 14.4 Å². The van der Waals surface area contributed by atoms with Gasteiger partial charge in [-0.25, -0.2) is 0 Å². The Morgan fingerprint density at radius 3 is 1.97 bits per heavy atom. The molecule has 0 saturated heterocycles. The number of benzene rings is 3. The molecule has 0 spiro atoms. The van der Waals surface area contributed by atoms with Crippen molar-refractivity contribution in [1.29, 1.82) is 0 Å². The lowest BCUT2D eigenvalue weighted by Gasteiger charge is -2.29. The molecule has 32 heavy (non-hydrogen) atoms. The van der Waals surface area contributed by atoms with Crippen LogP contribution in [0.2, 0.25) is 0 Å². The van der Waals surface area contributed by atoms with Gasteiger partial charge >= 0.3 is 0 Å². The maximum atomic E-state index is 13.1. The van der Waals surface area contributed by atoms with Crippen LogP contribution in [0.5, 0.6) is 0 Å². The molecule has 0 aliphatic carbocycles. The fourth-order valence-corrected chi connectivity index (χ4v) is 4.45. The smallest absolute Gasteiger partial charge is 0.244 e. The quantitative estimate of drug-likeness (QED) is 0.691. The standard InChI is InChI=1S/C26H23N3O3/c30-24-17-29(23-12-6-5-11-22(23)27-24)26(32)14-13-25(31)28-15-18-7-1-3-9-20(18)21-10-4-2-8-19(21)16-28/h1-12H,13-17H2,(H,27,30). The fourth-order valence-electron chi connectivity index (χ4n) is 4.45. The lowest BCUT2D eigenvalue weighted by Crippen LogP contribution is -2.42. The summed E-state index contributed by atoms with van der Waals surface area (Å²) in [6, 6.07) is 23.5. The number of carbonyl (C=O) groups excluding carboxylic acids is 3. The van der Waals surface area contributed by atoms with Crippen molar-refractivity contribution in [3.8, 4) is 11.1 Å². The zero-order valence-corrected chi connectivity index (χ0v) is 17.6. The molecule has 2 aliphatic heterocycles. The predicted octanol–water partition coefficient (Wildman–Crippen LogP) is 3.96. The minimum atomic E-state index is -0.232. The Labute approximate surface area is 186 Å². The highest BCUT2D eigenvalue weighted by atomic mass is 16.2. The predicted molar refractivity (Wildman–Crippen MR) is 123 cm³/mol. The van der Waals surface area contributed by atoms with Gasteiger partial charge in [-0.15, -0.1) is 0 Å². The molecule has 0 bridgehead atoms. The molecule has 5 rings (SSSR count). The molecule has 3 aromatic rings. The van der Waals surface area contributed by atoms with E-state index in [9.17, 15) is 14.4 Å². The van der Waals surface area contributed by atoms with Crippen molar-refractivity contribution in [2.45, 2.75) is 25.9 Å². The van der Waals surface area contributed by atoms with Crippen LogP contribution in [-0.2, 0) is 27.5 Å². The molecule has 0 unspecified atom stereocenters. The summed E-state index contributed by atoms with van der Waals surface area (Å²) in [4.78, 5) is 41.4. The zero-order chi connectivity index (χ0) is 22.1. The van der Waals surface area contributed by atoms with Crippen molar-refractivity contribution in [3.05, 3.63) is 83.9 Å². The maximum Gasteiger partial charge on any atom is 0.244 e. The molecule has 2 heterocycles. The van der Waals surface area contributed by atoms with E-state index in [1.807, 2.05) is 53.4 Å². The normalized spacial score (nSPS) is 14.6. The number of rotatable bonds is 3. The van der Waals surface area contributed by atoms with Crippen LogP contribution in [0, 0.1) is 0 Å². The SMILES string of the molecule is O=C1CN(C(=O)CCC(=O)N2Cc3ccccc3-c3ccccc3C2)c2ccccc2N1. The highest BCUT2D eigenvalue weighted by Gasteiger charge is 2.28. The summed E-state index contributed by atoms with van der Waals surface area (Å²) < 4.78 is 0. The minimum absolute atomic E-state index is 0.0332. The third kappa shape index (κ3) is 3.75. The molecule has 0 radical (unpaired) electrons. The first-order valence-corrected chi connectivity index (χ1v) is 10.7. The van der Waals surface area contributed by atoms with Gasteiger partial charge in [0.25, 0.3) is 0 Å². The number of carbonyl (C=O) groups is 3. The summed E-state index contributed by atoms with van der Waals surface area (Å²) in [5, 5.41) is 2.78. The van der Waals surface area contributed by atoms with Gasteiger partial charge in [-0.3, -0.25) is 14.4 Å². The highest BCUT2D eigenvalue weighted by molar-refractivity contribution is 6.10. The van der Waals surface area contributed by atoms with Gasteiger partial charge in [0.1, 0.15) is 6.54 Å². The van der Waals surface area contributed by atoms with Crippen LogP contribution >= 0.6 is 0 Å². The number of nitrogens with zero attached hydrogens (tertiary/aromatic N) is 2. The van der Waals surface area contributed by atoms with Crippen LogP contribution in [0.25, 0.3) is 11.1 Å². The minimum Gasteiger partial charge on any atom is -0.334 e. The third-order valence-corrected chi connectivity index (χ3v) is 6.02. The molecular formula is C26H23N3O3. The Morgan fingerprint density at radius 1 is 0.719 bits per heavy atom. The van der Waals surface area contributed by atoms with Crippen LogP contribution in [-0.4, -0.2) is 29.2 Å². The summed E-state index contributed by atoms with van der Waals surface area (Å²) >= 11 is 0. The summed E-state index contributed by atoms with van der Waals surface area (Å²) in [5.74, 6) is -0.528. The van der Waals surface area contributed by atoms with Gasteiger partial charge in [0.05, 0.1) is 11.4 Å². The molecule has 2 aliphatic rings. The molecule has 6 nitrogen and oxygen atoms in total. The summed E-state index contributed by atoms with van der Waals surface area (Å²) in [6.45, 7) is 0.980. The van der Waals surface area contributed by atoms with Crippen molar-refractivity contribution in [2.75, 3.05) is 16.8 Å². The van der Waals surface area contributed by atoms with Gasteiger partial charge < -0.3 is 15.1 Å². The Balaban J connectivity index is 1.32. The molecule has 0 atom stereocenters. The van der Waals surface area contributed by atoms with Gasteiger partial charge in [0.2, 0.25) is 17.7 Å². The van der Waals surface area contributed by atoms with E-state index in [-0.39, 0.29) is 37.1 Å². The van der Waals surface area contributed by atoms with E-state index < -0.39 is 0 Å². The maximum absolute atomic E-state index is 13.1. The van der Waals surface area contributed by atoms with Gasteiger partial charge in [-0.1, -0.05) is 60.7 Å². The molecule has 3 amide bonds. The Hall–Kier alpha value is -3.93. The average Bonchev–Trinajstić information content (AvgIpc) is 2.99. The molecule has 160 valence electrons. The molecule has 0 saturated carbocycles. The summed E-state index contributed by atoms with van der Waals surface area (Å²) in [7, 11) is 0. The van der Waals surface area contributed by atoms with Crippen LogP contribution in [0.4, 0.5) is 11.4 Å². The lowest BCUT2D eigenvalue weighted by atomic mass is 9.97. The summed E-state index contributed by atoms with van der Waals surface area (Å²) in [6.07, 6.45) is 0.156. The van der Waals surface area contributed by atoms with E-state index in [2.05, 4.69) is 17.4 Å². The largest absolute Gasteiger partial charge is 0.334 e. The average molecular weight is 425 g/mol. The second-order valence-corrected chi connectivity index (χ2v) is 8.11. The Kier molecular flexibility index (Phi) is 5.19. The first-order valence-electron chi connectivity index (χ1n) is 10.7. The number of amides is 3. The van der Waals surface area contributed by atoms with Crippen LogP contribution in [0.15, 0.2) is 72.8 Å². The van der Waals surface area contributed by atoms with Crippen LogP contribution in [0.3, 0.4) is 0 Å². The molecule has 0 fully saturated rings. The Morgan fingerprint density at radius 2 is 1.28 bits per heavy atom. The second-order valence-electron chi connectivity index (χ2n) is 8.11. The van der Waals surface area contributed by atoms with Crippen LogP contribution in [0.1, 0.15) is 24.0 Å². The molecule has 6 heteroatoms. The van der Waals surface area contributed by atoms with Crippen molar-refractivity contribution in [2.24, 2.45) is 0 Å². The first kappa shape index (κ1) is 20.0. The first-order chi connectivity index (χ1) is 15.6. The number of nitrogens with one attached hydrogen (secondary N) is 1. The zero-order valence-electron chi connectivity index (χ0n) is 17.6. The van der Waals surface area contributed by atoms with E-state index in [0.717, 1.165) is 22.3 Å². The van der Waals surface area contributed by atoms with E-state index in [1.54, 1.807) is 12.1 Å². The summed E-state index contributed by atoms with van der Waals surface area (Å²) in [5.41, 5.74) is 5.76. The molecule has 0 aromatic heterocycles. The van der Waals surface area contributed by atoms with Gasteiger partial charge in [-0.2, -0.15) is 0 Å². The van der Waals surface area contributed by atoms with E-state index in [1.165, 1.54) is 4.90 Å². The molecular weight excluding hydrogens is 402 g/mol. The van der Waals surface area contributed by atoms with E-state index in [0.29, 0.717) is 24.5 Å². The van der Waals surface area contributed by atoms with Crippen molar-refractivity contribution in [1.82, 2.24) is 4.90 Å². The topological polar surface area (TPSA) is 69.7 Å². The second kappa shape index (κ2) is 8.30. The lowest BCUT2D eigenvalue weighted by molar-refractivity contribution is -0.134. The van der Waals surface area contributed by atoms with Gasteiger partial charge in [0, 0.05) is 25.9 Å². The number of hydrogen-bond donors (Lipinski definition) is 1. The van der Waals surface area contributed by atoms with Crippen LogP contribution < -0.4 is 10.2 Å². The monoisotopic (exact) mass is 425 g/mol. The Bertz CT molecular complexity index is 1170. The van der Waals surface area contributed by atoms with Crippen molar-refractivity contribution >= 4 is 29.1 Å². The number of fused-ring (bicyclic) bond motifs is 4. The number of hydrogen-bond acceptors (Lipinski definition) is 3. The van der Waals surface area contributed by atoms with E-state index >= 15 is 0 Å². The van der Waals surface area contributed by atoms with Gasteiger partial charge in [-0.05, 0) is 34.4 Å². The fraction of sp³-hybridized carbons (Fsp3) is 0.192. The highest BCUT2D eigenvalue weighted by Crippen LogP contribution is 2.33. The third-order valence-electron chi connectivity index (χ3n) is 6.02. The molecule has 1 N–H and O–H groups in total. The van der Waals surface area contributed by atoms with E-state index in [4.69, 9.17) is 0 Å². The molecule has 3 aromatic carbocycles. The van der Waals surface area contributed by atoms with Crippen molar-refractivity contribution in [3.63, 3.8) is 0 Å².